The van der Waals surface area contributed by atoms with Gasteiger partial charge in [0.25, 0.3) is 0 Å². The van der Waals surface area contributed by atoms with Crippen LogP contribution in [0.2, 0.25) is 5.02 Å². The lowest BCUT2D eigenvalue weighted by atomic mass is 10.2. The van der Waals surface area contributed by atoms with Crippen molar-refractivity contribution in [3.8, 4) is 0 Å². The van der Waals surface area contributed by atoms with E-state index in [1.165, 1.54) is 0 Å². The number of rotatable bonds is 5. The molecule has 0 amide bonds. The van der Waals surface area contributed by atoms with E-state index >= 15 is 0 Å². The van der Waals surface area contributed by atoms with Gasteiger partial charge in [0.15, 0.2) is 0 Å². The second-order valence-corrected chi connectivity index (χ2v) is 3.28. The zero-order valence-electron chi connectivity index (χ0n) is 8.16. The minimum atomic E-state index is 0.633. The first-order valence-electron chi connectivity index (χ1n) is 4.67. The van der Waals surface area contributed by atoms with E-state index in [9.17, 15) is 0 Å². The first-order chi connectivity index (χ1) is 6.84. The quantitative estimate of drug-likeness (QED) is 0.415. The Morgan fingerprint density at radius 2 is 2.21 bits per heavy atom. The summed E-state index contributed by atoms with van der Waals surface area (Å²) in [4.78, 5) is 4.99. The van der Waals surface area contributed by atoms with E-state index in [2.05, 4.69) is 18.3 Å². The molecule has 1 rings (SSSR count). The summed E-state index contributed by atoms with van der Waals surface area (Å²) in [5, 5.41) is 4.34. The van der Waals surface area contributed by atoms with Gasteiger partial charge in [-0.05, 0) is 12.5 Å². The van der Waals surface area contributed by atoms with Gasteiger partial charge in [0, 0.05) is 5.56 Å². The Hall–Kier alpha value is -1.02. The van der Waals surface area contributed by atoms with Gasteiger partial charge in [-0.1, -0.05) is 48.3 Å². The Morgan fingerprint density at radius 1 is 1.43 bits per heavy atom. The van der Waals surface area contributed by atoms with E-state index < -0.39 is 0 Å². The normalized spacial score (nSPS) is 10.7. The second-order valence-electron chi connectivity index (χ2n) is 2.87. The topological polar surface area (TPSA) is 21.6 Å². The molecular weight excluding hydrogens is 198 g/mol. The van der Waals surface area contributed by atoms with Gasteiger partial charge in [-0.3, -0.25) is 0 Å². The Bertz CT molecular complexity index is 299. The Morgan fingerprint density at radius 3 is 2.93 bits per heavy atom. The van der Waals surface area contributed by atoms with Gasteiger partial charge in [0.2, 0.25) is 0 Å². The van der Waals surface area contributed by atoms with Crippen molar-refractivity contribution >= 4 is 17.8 Å². The van der Waals surface area contributed by atoms with Gasteiger partial charge in [-0.15, -0.1) is 0 Å². The number of unbranched alkanes of at least 4 members (excludes halogenated alkanes) is 1. The van der Waals surface area contributed by atoms with Gasteiger partial charge < -0.3 is 4.84 Å². The monoisotopic (exact) mass is 210 g/mol. The molecular formula is C11H13ClNO. The lowest BCUT2D eigenvalue weighted by Gasteiger charge is -1.96. The number of hydrogen-bond acceptors (Lipinski definition) is 2. The Balaban J connectivity index is 2.40. The van der Waals surface area contributed by atoms with Crippen LogP contribution < -0.4 is 0 Å². The standard InChI is InChI=1S/C11H13ClNO/c1-2-3-8-14-13-9-10-6-4-5-7-11(10)12/h4-7H,2-3,8H2,1H3. The van der Waals surface area contributed by atoms with Crippen molar-refractivity contribution < 1.29 is 4.84 Å². The Kier molecular flexibility index (Phi) is 5.08. The highest BCUT2D eigenvalue weighted by Gasteiger charge is 1.94. The molecule has 0 atom stereocenters. The molecule has 2 nitrogen and oxygen atoms in total. The molecule has 0 bridgehead atoms. The third-order valence-electron chi connectivity index (χ3n) is 1.69. The van der Waals surface area contributed by atoms with Crippen LogP contribution in [0.1, 0.15) is 25.3 Å². The van der Waals surface area contributed by atoms with Crippen molar-refractivity contribution in [3.05, 3.63) is 34.9 Å². The predicted molar refractivity (Wildman–Crippen MR) is 58.8 cm³/mol. The molecule has 0 N–H and O–H groups in total. The van der Waals surface area contributed by atoms with Gasteiger partial charge in [0.1, 0.15) is 12.8 Å². The van der Waals surface area contributed by atoms with Crippen molar-refractivity contribution in [2.75, 3.05) is 6.61 Å². The molecule has 75 valence electrons. The number of nitrogens with zero attached hydrogens (tertiary/aromatic N) is 1. The van der Waals surface area contributed by atoms with Crippen molar-refractivity contribution in [1.29, 1.82) is 0 Å². The highest BCUT2D eigenvalue weighted by atomic mass is 35.5. The highest BCUT2D eigenvalue weighted by molar-refractivity contribution is 6.33. The lowest BCUT2D eigenvalue weighted by molar-refractivity contribution is 0.143. The van der Waals surface area contributed by atoms with Crippen LogP contribution in [0.25, 0.3) is 0 Å². The molecule has 0 aliphatic heterocycles. The summed E-state index contributed by atoms with van der Waals surface area (Å²) in [5.41, 5.74) is 0.755. The van der Waals surface area contributed by atoms with Gasteiger partial charge >= 0.3 is 0 Å². The van der Waals surface area contributed by atoms with Crippen molar-refractivity contribution in [2.45, 2.75) is 19.8 Å². The summed E-state index contributed by atoms with van der Waals surface area (Å²) in [5.74, 6) is 0. The van der Waals surface area contributed by atoms with E-state index in [1.54, 1.807) is 6.07 Å². The molecule has 0 aromatic heterocycles. The maximum Gasteiger partial charge on any atom is 0.141 e. The molecule has 0 spiro atoms. The third kappa shape index (κ3) is 3.79. The van der Waals surface area contributed by atoms with Crippen LogP contribution in [0, 0.1) is 0 Å². The van der Waals surface area contributed by atoms with Crippen LogP contribution in [0.15, 0.2) is 29.4 Å². The molecule has 14 heavy (non-hydrogen) atoms. The zero-order chi connectivity index (χ0) is 10.2. The molecule has 0 aliphatic carbocycles. The molecule has 1 aromatic rings. The van der Waals surface area contributed by atoms with Crippen LogP contribution in [0.3, 0.4) is 0 Å². The number of hydrogen-bond donors (Lipinski definition) is 0. The molecule has 0 saturated heterocycles. The largest absolute Gasteiger partial charge is 0.395 e. The van der Waals surface area contributed by atoms with Crippen molar-refractivity contribution in [2.24, 2.45) is 5.16 Å². The number of benzene rings is 1. The fourth-order valence-corrected chi connectivity index (χ4v) is 1.07. The van der Waals surface area contributed by atoms with E-state index in [4.69, 9.17) is 16.4 Å². The summed E-state index contributed by atoms with van der Waals surface area (Å²) in [6.45, 7) is 2.73. The Labute approximate surface area is 89.5 Å². The van der Waals surface area contributed by atoms with E-state index in [0.29, 0.717) is 11.6 Å². The van der Waals surface area contributed by atoms with Gasteiger partial charge in [0.05, 0.1) is 5.02 Å². The molecule has 0 saturated carbocycles. The molecule has 3 heteroatoms. The van der Waals surface area contributed by atoms with Crippen LogP contribution in [0.5, 0.6) is 0 Å². The summed E-state index contributed by atoms with van der Waals surface area (Å²) in [7, 11) is 0. The minimum absolute atomic E-state index is 0.633. The second kappa shape index (κ2) is 6.44. The fourth-order valence-electron chi connectivity index (χ4n) is 0.888. The molecule has 1 radical (unpaired) electrons. The molecule has 0 fully saturated rings. The minimum Gasteiger partial charge on any atom is -0.395 e. The molecule has 0 aliphatic rings. The molecule has 1 aromatic carbocycles. The van der Waals surface area contributed by atoms with Crippen LogP contribution in [-0.4, -0.2) is 12.8 Å². The predicted octanol–water partition coefficient (Wildman–Crippen LogP) is 3.37. The van der Waals surface area contributed by atoms with Crippen LogP contribution in [-0.2, 0) is 4.84 Å². The van der Waals surface area contributed by atoms with Crippen LogP contribution in [0.4, 0.5) is 0 Å². The first-order valence-corrected chi connectivity index (χ1v) is 5.05. The fraction of sp³-hybridized carbons (Fsp3) is 0.364. The number of halogens is 1. The van der Waals surface area contributed by atoms with E-state index in [1.807, 2.05) is 18.2 Å². The van der Waals surface area contributed by atoms with Gasteiger partial charge in [-0.2, -0.15) is 0 Å². The van der Waals surface area contributed by atoms with E-state index in [-0.39, 0.29) is 0 Å². The van der Waals surface area contributed by atoms with Crippen molar-refractivity contribution in [1.82, 2.24) is 0 Å². The smallest absolute Gasteiger partial charge is 0.141 e. The zero-order valence-corrected chi connectivity index (χ0v) is 8.92. The summed E-state index contributed by atoms with van der Waals surface area (Å²) < 4.78 is 0. The lowest BCUT2D eigenvalue weighted by Crippen LogP contribution is -1.88. The average Bonchev–Trinajstić information content (AvgIpc) is 2.20. The summed E-state index contributed by atoms with van der Waals surface area (Å²) in [6.07, 6.45) is 4.85. The highest BCUT2D eigenvalue weighted by Crippen LogP contribution is 2.12. The first kappa shape index (κ1) is 11.1. The maximum absolute atomic E-state index is 5.89. The van der Waals surface area contributed by atoms with Crippen molar-refractivity contribution in [3.63, 3.8) is 0 Å². The van der Waals surface area contributed by atoms with Crippen LogP contribution >= 0.6 is 11.6 Å². The molecule has 0 heterocycles. The maximum atomic E-state index is 5.89. The summed E-state index contributed by atoms with van der Waals surface area (Å²) >= 11 is 5.89. The SMILES string of the molecule is CCCCO/N=[C]\c1ccccc1Cl. The van der Waals surface area contributed by atoms with Gasteiger partial charge in [-0.25, -0.2) is 0 Å². The average molecular weight is 211 g/mol. The third-order valence-corrected chi connectivity index (χ3v) is 2.02. The summed E-state index contributed by atoms with van der Waals surface area (Å²) in [6, 6.07) is 7.39. The van der Waals surface area contributed by atoms with E-state index in [0.717, 1.165) is 18.4 Å². The molecule has 0 unspecified atom stereocenters.